The SMILES string of the molecule is CC(=O)c1c(C)nn(C2CCOC3(CCSCC3)C2)c1C. The van der Waals surface area contributed by atoms with E-state index < -0.39 is 0 Å². The molecule has 0 bridgehead atoms. The lowest BCUT2D eigenvalue weighted by atomic mass is 9.85. The summed E-state index contributed by atoms with van der Waals surface area (Å²) in [6.45, 7) is 6.40. The molecular formula is C16H24N2O2S. The molecule has 1 spiro atoms. The van der Waals surface area contributed by atoms with Crippen LogP contribution in [0.4, 0.5) is 0 Å². The number of ketones is 1. The summed E-state index contributed by atoms with van der Waals surface area (Å²) >= 11 is 2.03. The minimum Gasteiger partial charge on any atom is -0.375 e. The molecule has 0 amide bonds. The van der Waals surface area contributed by atoms with Gasteiger partial charge in [-0.05, 0) is 58.0 Å². The standard InChI is InChI=1S/C16H24N2O2S/c1-11-15(13(3)19)12(2)18(17-11)14-4-7-20-16(10-14)5-8-21-9-6-16/h14H,4-10H2,1-3H3. The van der Waals surface area contributed by atoms with Crippen LogP contribution in [0.5, 0.6) is 0 Å². The molecule has 3 heterocycles. The molecule has 2 fully saturated rings. The van der Waals surface area contributed by atoms with E-state index in [0.29, 0.717) is 6.04 Å². The van der Waals surface area contributed by atoms with Gasteiger partial charge in [0.15, 0.2) is 5.78 Å². The fourth-order valence-electron chi connectivity index (χ4n) is 3.83. The zero-order valence-corrected chi connectivity index (χ0v) is 14.0. The predicted octanol–water partition coefficient (Wildman–Crippen LogP) is 3.32. The van der Waals surface area contributed by atoms with Crippen LogP contribution in [-0.4, -0.2) is 39.3 Å². The molecule has 0 radical (unpaired) electrons. The van der Waals surface area contributed by atoms with E-state index in [1.54, 1.807) is 6.92 Å². The summed E-state index contributed by atoms with van der Waals surface area (Å²) in [4.78, 5) is 11.8. The Labute approximate surface area is 130 Å². The number of nitrogens with zero attached hydrogens (tertiary/aromatic N) is 2. The Hall–Kier alpha value is -0.810. The van der Waals surface area contributed by atoms with Crippen molar-refractivity contribution in [3.8, 4) is 0 Å². The molecule has 116 valence electrons. The quantitative estimate of drug-likeness (QED) is 0.786. The number of Topliss-reactive ketones (excluding diaryl/α,β-unsaturated/α-hetero) is 1. The van der Waals surface area contributed by atoms with Crippen molar-refractivity contribution in [1.29, 1.82) is 0 Å². The van der Waals surface area contributed by atoms with Gasteiger partial charge in [0.25, 0.3) is 0 Å². The van der Waals surface area contributed by atoms with Crippen molar-refractivity contribution in [1.82, 2.24) is 9.78 Å². The highest BCUT2D eigenvalue weighted by atomic mass is 32.2. The van der Waals surface area contributed by atoms with Crippen LogP contribution in [0.25, 0.3) is 0 Å². The highest BCUT2D eigenvalue weighted by Gasteiger charge is 2.40. The average molecular weight is 308 g/mol. The Bertz CT molecular complexity index is 541. The van der Waals surface area contributed by atoms with Crippen LogP contribution in [-0.2, 0) is 4.74 Å². The second-order valence-electron chi connectivity index (χ2n) is 6.34. The number of aryl methyl sites for hydroxylation is 1. The maximum absolute atomic E-state index is 11.8. The summed E-state index contributed by atoms with van der Waals surface area (Å²) in [6.07, 6.45) is 4.32. The fraction of sp³-hybridized carbons (Fsp3) is 0.750. The second-order valence-corrected chi connectivity index (χ2v) is 7.56. The highest BCUT2D eigenvalue weighted by molar-refractivity contribution is 7.99. The van der Waals surface area contributed by atoms with Gasteiger partial charge >= 0.3 is 0 Å². The van der Waals surface area contributed by atoms with Crippen LogP contribution in [0.3, 0.4) is 0 Å². The molecule has 5 heteroatoms. The monoisotopic (exact) mass is 308 g/mol. The van der Waals surface area contributed by atoms with E-state index in [4.69, 9.17) is 4.74 Å². The molecule has 1 unspecified atom stereocenters. The first-order valence-electron chi connectivity index (χ1n) is 7.81. The van der Waals surface area contributed by atoms with Crippen molar-refractivity contribution in [2.24, 2.45) is 0 Å². The number of carbonyl (C=O) groups is 1. The van der Waals surface area contributed by atoms with Crippen LogP contribution in [0.2, 0.25) is 0 Å². The molecule has 0 N–H and O–H groups in total. The second kappa shape index (κ2) is 5.76. The third-order valence-electron chi connectivity index (χ3n) is 4.89. The number of hydrogen-bond donors (Lipinski definition) is 0. The van der Waals surface area contributed by atoms with E-state index in [1.165, 1.54) is 11.5 Å². The summed E-state index contributed by atoms with van der Waals surface area (Å²) in [5.41, 5.74) is 2.73. The highest BCUT2D eigenvalue weighted by Crippen LogP contribution is 2.41. The summed E-state index contributed by atoms with van der Waals surface area (Å²) < 4.78 is 8.26. The van der Waals surface area contributed by atoms with Gasteiger partial charge in [-0.15, -0.1) is 0 Å². The van der Waals surface area contributed by atoms with Crippen molar-refractivity contribution in [2.45, 2.75) is 58.1 Å². The number of ether oxygens (including phenoxy) is 1. The summed E-state index contributed by atoms with van der Waals surface area (Å²) in [6, 6.07) is 0.369. The minimum absolute atomic E-state index is 0.0524. The predicted molar refractivity (Wildman–Crippen MR) is 85.2 cm³/mol. The Kier molecular flexibility index (Phi) is 4.14. The Morgan fingerprint density at radius 2 is 2.10 bits per heavy atom. The van der Waals surface area contributed by atoms with E-state index in [-0.39, 0.29) is 11.4 Å². The lowest BCUT2D eigenvalue weighted by Crippen LogP contribution is -2.43. The number of aromatic nitrogens is 2. The fourth-order valence-corrected chi connectivity index (χ4v) is 5.07. The normalized spacial score (nSPS) is 25.2. The lowest BCUT2D eigenvalue weighted by Gasteiger charge is -2.43. The first-order valence-corrected chi connectivity index (χ1v) is 8.96. The molecule has 1 atom stereocenters. The molecule has 2 aliphatic heterocycles. The molecule has 0 aliphatic carbocycles. The Morgan fingerprint density at radius 1 is 1.38 bits per heavy atom. The average Bonchev–Trinajstić information content (AvgIpc) is 2.75. The zero-order chi connectivity index (χ0) is 15.0. The van der Waals surface area contributed by atoms with Crippen LogP contribution < -0.4 is 0 Å². The van der Waals surface area contributed by atoms with Crippen LogP contribution >= 0.6 is 11.8 Å². The molecule has 1 aromatic rings. The van der Waals surface area contributed by atoms with Crippen molar-refractivity contribution < 1.29 is 9.53 Å². The minimum atomic E-state index is 0.0524. The molecule has 0 aromatic carbocycles. The first kappa shape index (κ1) is 15.1. The number of rotatable bonds is 2. The van der Waals surface area contributed by atoms with Gasteiger partial charge in [-0.1, -0.05) is 0 Å². The molecule has 21 heavy (non-hydrogen) atoms. The summed E-state index contributed by atoms with van der Waals surface area (Å²) in [5, 5.41) is 4.67. The maximum Gasteiger partial charge on any atom is 0.163 e. The van der Waals surface area contributed by atoms with Gasteiger partial charge < -0.3 is 4.74 Å². The molecule has 2 saturated heterocycles. The van der Waals surface area contributed by atoms with Gasteiger partial charge in [-0.25, -0.2) is 0 Å². The van der Waals surface area contributed by atoms with Crippen LogP contribution in [0.1, 0.15) is 60.4 Å². The van der Waals surface area contributed by atoms with Crippen molar-refractivity contribution in [3.63, 3.8) is 0 Å². The topological polar surface area (TPSA) is 44.1 Å². The van der Waals surface area contributed by atoms with Crippen molar-refractivity contribution in [2.75, 3.05) is 18.1 Å². The third-order valence-corrected chi connectivity index (χ3v) is 5.88. The molecular weight excluding hydrogens is 284 g/mol. The summed E-state index contributed by atoms with van der Waals surface area (Å²) in [5.74, 6) is 2.51. The van der Waals surface area contributed by atoms with Gasteiger partial charge in [0.2, 0.25) is 0 Å². The van der Waals surface area contributed by atoms with Gasteiger partial charge in [0.05, 0.1) is 22.9 Å². The van der Waals surface area contributed by atoms with E-state index in [1.807, 2.05) is 25.6 Å². The molecule has 0 saturated carbocycles. The van der Waals surface area contributed by atoms with Crippen LogP contribution in [0.15, 0.2) is 0 Å². The number of carbonyl (C=O) groups excluding carboxylic acids is 1. The Morgan fingerprint density at radius 3 is 2.71 bits per heavy atom. The first-order chi connectivity index (χ1) is 10.0. The molecule has 4 nitrogen and oxygen atoms in total. The van der Waals surface area contributed by atoms with Crippen molar-refractivity contribution >= 4 is 17.5 Å². The van der Waals surface area contributed by atoms with Gasteiger partial charge in [0, 0.05) is 12.3 Å². The maximum atomic E-state index is 11.8. The largest absolute Gasteiger partial charge is 0.375 e. The molecule has 1 aromatic heterocycles. The van der Waals surface area contributed by atoms with Crippen LogP contribution in [0, 0.1) is 13.8 Å². The van der Waals surface area contributed by atoms with Crippen molar-refractivity contribution in [3.05, 3.63) is 17.0 Å². The van der Waals surface area contributed by atoms with E-state index in [2.05, 4.69) is 9.78 Å². The smallest absolute Gasteiger partial charge is 0.163 e. The van der Waals surface area contributed by atoms with E-state index in [9.17, 15) is 4.79 Å². The molecule has 2 aliphatic rings. The van der Waals surface area contributed by atoms with Gasteiger partial charge in [-0.2, -0.15) is 16.9 Å². The van der Waals surface area contributed by atoms with Gasteiger partial charge in [-0.3, -0.25) is 9.48 Å². The third kappa shape index (κ3) is 2.78. The number of thioether (sulfide) groups is 1. The van der Waals surface area contributed by atoms with E-state index >= 15 is 0 Å². The van der Waals surface area contributed by atoms with Gasteiger partial charge in [0.1, 0.15) is 0 Å². The molecule has 3 rings (SSSR count). The zero-order valence-electron chi connectivity index (χ0n) is 13.1. The summed E-state index contributed by atoms with van der Waals surface area (Å²) in [7, 11) is 0. The van der Waals surface area contributed by atoms with E-state index in [0.717, 1.165) is 49.2 Å². The lowest BCUT2D eigenvalue weighted by molar-refractivity contribution is -0.100. The number of hydrogen-bond acceptors (Lipinski definition) is 4. The Balaban J connectivity index is 1.87.